The van der Waals surface area contributed by atoms with Gasteiger partial charge in [0.05, 0.1) is 9.82 Å². The lowest BCUT2D eigenvalue weighted by Gasteiger charge is -2.14. The summed E-state index contributed by atoms with van der Waals surface area (Å²) in [4.78, 5) is 26.6. The van der Waals surface area contributed by atoms with E-state index in [0.717, 1.165) is 24.7 Å². The number of rotatable bonds is 8. The Morgan fingerprint density at radius 1 is 1.19 bits per heavy atom. The number of aryl methyl sites for hydroxylation is 1. The van der Waals surface area contributed by atoms with Gasteiger partial charge in [-0.05, 0) is 73.9 Å². The number of likely N-dealkylation sites (tertiary alicyclic amines) is 1. The van der Waals surface area contributed by atoms with Crippen molar-refractivity contribution in [3.8, 4) is 0 Å². The van der Waals surface area contributed by atoms with E-state index in [2.05, 4.69) is 20.4 Å². The van der Waals surface area contributed by atoms with E-state index < -0.39 is 10.8 Å². The first kappa shape index (κ1) is 22.0. The molecule has 9 nitrogen and oxygen atoms in total. The third-order valence-corrected chi connectivity index (χ3v) is 6.53. The van der Waals surface area contributed by atoms with Crippen LogP contribution in [0.2, 0.25) is 0 Å². The Labute approximate surface area is 190 Å². The molecule has 1 N–H and O–H groups in total. The number of aromatic nitrogens is 3. The molecule has 0 saturated carbocycles. The first-order valence-corrected chi connectivity index (χ1v) is 11.2. The third kappa shape index (κ3) is 5.32. The Morgan fingerprint density at radius 3 is 2.59 bits per heavy atom. The fraction of sp³-hybridized carbons (Fsp3) is 0.318. The van der Waals surface area contributed by atoms with Crippen molar-refractivity contribution in [2.75, 3.05) is 25.0 Å². The van der Waals surface area contributed by atoms with Crippen LogP contribution < -0.4 is 5.32 Å². The lowest BCUT2D eigenvalue weighted by molar-refractivity contribution is -0.387. The van der Waals surface area contributed by atoms with Gasteiger partial charge in [-0.15, -0.1) is 10.2 Å². The van der Waals surface area contributed by atoms with Gasteiger partial charge in [-0.3, -0.25) is 14.9 Å². The molecule has 10 heteroatoms. The summed E-state index contributed by atoms with van der Waals surface area (Å²) >= 11 is 1.13. The average molecular weight is 453 g/mol. The molecule has 0 unspecified atom stereocenters. The Kier molecular flexibility index (Phi) is 6.81. The summed E-state index contributed by atoms with van der Waals surface area (Å²) in [6.07, 6.45) is 5.06. The fourth-order valence-corrected chi connectivity index (χ4v) is 4.45. The smallest absolute Gasteiger partial charge is 0.284 e. The van der Waals surface area contributed by atoms with Gasteiger partial charge in [-0.25, -0.2) is 0 Å². The molecule has 1 aliphatic heterocycles. The number of nitro groups is 1. The van der Waals surface area contributed by atoms with E-state index in [0.29, 0.717) is 15.7 Å². The standard InChI is InChI=1S/C22H24N6O3S/c1-26-15-23-25-22(26)32-20-9-6-17(14-19(20)28(30)31)21(29)24-18-7-4-16(5-8-18)10-13-27-11-2-3-12-27/h4-9,14-15H,2-3,10-13H2,1H3,(H,24,29). The van der Waals surface area contributed by atoms with Gasteiger partial charge in [-0.2, -0.15) is 0 Å². The van der Waals surface area contributed by atoms with Crippen LogP contribution in [0.1, 0.15) is 28.8 Å². The summed E-state index contributed by atoms with van der Waals surface area (Å²) in [7, 11) is 1.76. The van der Waals surface area contributed by atoms with Crippen LogP contribution >= 0.6 is 11.8 Å². The van der Waals surface area contributed by atoms with Crippen LogP contribution in [0.5, 0.6) is 0 Å². The van der Waals surface area contributed by atoms with Gasteiger partial charge in [0, 0.05) is 30.9 Å². The van der Waals surface area contributed by atoms with E-state index in [9.17, 15) is 14.9 Å². The van der Waals surface area contributed by atoms with E-state index in [4.69, 9.17) is 0 Å². The minimum absolute atomic E-state index is 0.150. The van der Waals surface area contributed by atoms with E-state index in [1.165, 1.54) is 43.9 Å². The number of hydrogen-bond acceptors (Lipinski definition) is 7. The van der Waals surface area contributed by atoms with Gasteiger partial charge >= 0.3 is 0 Å². The molecule has 1 saturated heterocycles. The summed E-state index contributed by atoms with van der Waals surface area (Å²) in [6.45, 7) is 3.40. The maximum Gasteiger partial charge on any atom is 0.284 e. The van der Waals surface area contributed by atoms with Crippen LogP contribution in [0.4, 0.5) is 11.4 Å². The predicted molar refractivity (Wildman–Crippen MR) is 122 cm³/mol. The van der Waals surface area contributed by atoms with Gasteiger partial charge in [0.25, 0.3) is 11.6 Å². The highest BCUT2D eigenvalue weighted by Gasteiger charge is 2.20. The number of anilines is 1. The van der Waals surface area contributed by atoms with Crippen molar-refractivity contribution in [3.05, 3.63) is 70.0 Å². The monoisotopic (exact) mass is 452 g/mol. The fourth-order valence-electron chi connectivity index (χ4n) is 3.60. The highest BCUT2D eigenvalue weighted by atomic mass is 32.2. The summed E-state index contributed by atoms with van der Waals surface area (Å²) in [6, 6.07) is 12.2. The molecule has 166 valence electrons. The van der Waals surface area contributed by atoms with Gasteiger partial charge in [0.1, 0.15) is 6.33 Å². The lowest BCUT2D eigenvalue weighted by Crippen LogP contribution is -2.21. The second kappa shape index (κ2) is 9.92. The van der Waals surface area contributed by atoms with Crippen LogP contribution in [-0.2, 0) is 13.5 Å². The molecule has 1 aromatic heterocycles. The molecule has 2 aromatic carbocycles. The zero-order chi connectivity index (χ0) is 22.5. The highest BCUT2D eigenvalue weighted by Crippen LogP contribution is 2.34. The topological polar surface area (TPSA) is 106 Å². The number of nitrogens with zero attached hydrogens (tertiary/aromatic N) is 5. The summed E-state index contributed by atoms with van der Waals surface area (Å²) in [5.41, 5.74) is 1.94. The second-order valence-electron chi connectivity index (χ2n) is 7.72. The summed E-state index contributed by atoms with van der Waals surface area (Å²) < 4.78 is 1.67. The molecule has 1 fully saturated rings. The van der Waals surface area contributed by atoms with Crippen LogP contribution in [0, 0.1) is 10.1 Å². The molecule has 1 amide bonds. The number of hydrogen-bond donors (Lipinski definition) is 1. The van der Waals surface area contributed by atoms with E-state index in [1.54, 1.807) is 23.7 Å². The number of carbonyl (C=O) groups excluding carboxylic acids is 1. The molecular formula is C22H24N6O3S. The molecule has 3 aromatic rings. The maximum absolute atomic E-state index is 12.7. The van der Waals surface area contributed by atoms with Crippen molar-refractivity contribution in [2.45, 2.75) is 29.3 Å². The molecule has 0 aliphatic carbocycles. The number of amides is 1. The minimum Gasteiger partial charge on any atom is -0.322 e. The zero-order valence-corrected chi connectivity index (χ0v) is 18.5. The molecule has 0 radical (unpaired) electrons. The zero-order valence-electron chi connectivity index (χ0n) is 17.7. The quantitative estimate of drug-likeness (QED) is 0.410. The molecule has 2 heterocycles. The average Bonchev–Trinajstić information content (AvgIpc) is 3.45. The van der Waals surface area contributed by atoms with Crippen molar-refractivity contribution in [2.24, 2.45) is 7.05 Å². The number of benzene rings is 2. The third-order valence-electron chi connectivity index (χ3n) is 5.42. The van der Waals surface area contributed by atoms with Crippen LogP contribution in [0.25, 0.3) is 0 Å². The van der Waals surface area contributed by atoms with Gasteiger partial charge < -0.3 is 14.8 Å². The summed E-state index contributed by atoms with van der Waals surface area (Å²) in [5.74, 6) is -0.395. The first-order chi connectivity index (χ1) is 15.5. The normalized spacial score (nSPS) is 13.9. The molecule has 32 heavy (non-hydrogen) atoms. The van der Waals surface area contributed by atoms with E-state index in [-0.39, 0.29) is 11.3 Å². The summed E-state index contributed by atoms with van der Waals surface area (Å²) in [5, 5.41) is 22.6. The SMILES string of the molecule is Cn1cnnc1Sc1ccc(C(=O)Nc2ccc(CCN3CCCC3)cc2)cc1[N+](=O)[O-]. The number of nitrogens with one attached hydrogen (secondary N) is 1. The van der Waals surface area contributed by atoms with Crippen molar-refractivity contribution in [3.63, 3.8) is 0 Å². The van der Waals surface area contributed by atoms with Crippen LogP contribution in [-0.4, -0.2) is 50.1 Å². The van der Waals surface area contributed by atoms with Crippen molar-refractivity contribution in [1.82, 2.24) is 19.7 Å². The van der Waals surface area contributed by atoms with Crippen molar-refractivity contribution >= 4 is 29.0 Å². The largest absolute Gasteiger partial charge is 0.322 e. The Bertz CT molecular complexity index is 1110. The minimum atomic E-state index is -0.495. The second-order valence-corrected chi connectivity index (χ2v) is 8.72. The van der Waals surface area contributed by atoms with Gasteiger partial charge in [0.2, 0.25) is 0 Å². The Morgan fingerprint density at radius 2 is 1.94 bits per heavy atom. The van der Waals surface area contributed by atoms with Crippen molar-refractivity contribution in [1.29, 1.82) is 0 Å². The lowest BCUT2D eigenvalue weighted by atomic mass is 10.1. The van der Waals surface area contributed by atoms with Gasteiger partial charge in [0.15, 0.2) is 5.16 Å². The van der Waals surface area contributed by atoms with E-state index in [1.807, 2.05) is 24.3 Å². The van der Waals surface area contributed by atoms with E-state index >= 15 is 0 Å². The Hall–Kier alpha value is -3.24. The van der Waals surface area contributed by atoms with Crippen LogP contribution in [0.15, 0.2) is 58.8 Å². The Balaban J connectivity index is 1.41. The molecule has 4 rings (SSSR count). The first-order valence-electron chi connectivity index (χ1n) is 10.4. The highest BCUT2D eigenvalue weighted by molar-refractivity contribution is 7.99. The molecule has 1 aliphatic rings. The van der Waals surface area contributed by atoms with Gasteiger partial charge in [-0.1, -0.05) is 12.1 Å². The molecular weight excluding hydrogens is 428 g/mol. The number of carbonyl (C=O) groups is 1. The number of nitro benzene ring substituents is 1. The molecule has 0 bridgehead atoms. The van der Waals surface area contributed by atoms with Crippen molar-refractivity contribution < 1.29 is 9.72 Å². The van der Waals surface area contributed by atoms with Crippen LogP contribution in [0.3, 0.4) is 0 Å². The molecule has 0 atom stereocenters. The predicted octanol–water partition coefficient (Wildman–Crippen LogP) is 3.77. The maximum atomic E-state index is 12.7. The molecule has 0 spiro atoms.